The summed E-state index contributed by atoms with van der Waals surface area (Å²) in [6, 6.07) is 2.01. The van der Waals surface area contributed by atoms with Crippen LogP contribution in [0.3, 0.4) is 0 Å². The van der Waals surface area contributed by atoms with Crippen LogP contribution in [0.4, 0.5) is 14.6 Å². The topological polar surface area (TPSA) is 82.1 Å². The van der Waals surface area contributed by atoms with Crippen molar-refractivity contribution < 1.29 is 18.7 Å². The summed E-state index contributed by atoms with van der Waals surface area (Å²) < 4.78 is 27.8. The second-order valence-electron chi connectivity index (χ2n) is 6.50. The minimum absolute atomic E-state index is 0.0233. The first kappa shape index (κ1) is 17.0. The number of hydrogen-bond donors (Lipinski definition) is 2. The molecule has 3 aromatic rings. The van der Waals surface area contributed by atoms with Gasteiger partial charge < -0.3 is 15.0 Å². The van der Waals surface area contributed by atoms with Crippen LogP contribution >= 0.6 is 11.6 Å². The van der Waals surface area contributed by atoms with Gasteiger partial charge in [-0.05, 0) is 36.4 Å². The Labute approximate surface area is 151 Å². The molecule has 3 heterocycles. The monoisotopic (exact) mass is 380 g/mol. The largest absolute Gasteiger partial charge is 0.481 e. The zero-order valence-electron chi connectivity index (χ0n) is 13.6. The zero-order valence-corrected chi connectivity index (χ0v) is 14.4. The van der Waals surface area contributed by atoms with E-state index in [9.17, 15) is 13.6 Å². The SMILES string of the molecule is O=C(O)CC1CCN(c2nc(Cl)nc3c2[nH]c2cc(F)cc(F)c23)CC1. The molecule has 0 spiro atoms. The Balaban J connectivity index is 1.76. The number of aromatic amines is 1. The van der Waals surface area contributed by atoms with Gasteiger partial charge >= 0.3 is 5.97 Å². The standard InChI is InChI=1S/C17H15ClF2N4O2/c18-17-22-14-13-10(20)6-9(19)7-11(13)21-15(14)16(23-17)24-3-1-8(2-4-24)5-12(25)26/h6-8,21H,1-5H2,(H,25,26). The van der Waals surface area contributed by atoms with Crippen LogP contribution < -0.4 is 4.90 Å². The summed E-state index contributed by atoms with van der Waals surface area (Å²) in [7, 11) is 0. The molecule has 0 bridgehead atoms. The van der Waals surface area contributed by atoms with Gasteiger partial charge in [0.05, 0.1) is 10.9 Å². The number of halogens is 3. The first-order valence-corrected chi connectivity index (χ1v) is 8.61. The maximum Gasteiger partial charge on any atom is 0.303 e. The number of benzene rings is 1. The Morgan fingerprint density at radius 1 is 1.31 bits per heavy atom. The van der Waals surface area contributed by atoms with Gasteiger partial charge in [0, 0.05) is 25.6 Å². The van der Waals surface area contributed by atoms with Crippen LogP contribution in [0.25, 0.3) is 21.9 Å². The smallest absolute Gasteiger partial charge is 0.303 e. The number of carboxylic acids is 1. The third kappa shape index (κ3) is 2.94. The molecular weight excluding hydrogens is 366 g/mol. The molecule has 1 aromatic carbocycles. The van der Waals surface area contributed by atoms with E-state index in [4.69, 9.17) is 16.7 Å². The average molecular weight is 381 g/mol. The molecule has 4 rings (SSSR count). The maximum absolute atomic E-state index is 14.3. The van der Waals surface area contributed by atoms with Gasteiger partial charge in [0.15, 0.2) is 5.82 Å². The van der Waals surface area contributed by atoms with Crippen molar-refractivity contribution >= 4 is 45.3 Å². The van der Waals surface area contributed by atoms with E-state index in [1.807, 2.05) is 4.90 Å². The number of fused-ring (bicyclic) bond motifs is 3. The number of H-pyrrole nitrogens is 1. The number of nitrogens with zero attached hydrogens (tertiary/aromatic N) is 3. The fourth-order valence-electron chi connectivity index (χ4n) is 3.59. The molecule has 26 heavy (non-hydrogen) atoms. The molecule has 1 saturated heterocycles. The second kappa shape index (κ2) is 6.35. The van der Waals surface area contributed by atoms with Gasteiger partial charge in [-0.3, -0.25) is 4.79 Å². The van der Waals surface area contributed by atoms with E-state index in [0.717, 1.165) is 6.07 Å². The number of rotatable bonds is 3. The first-order chi connectivity index (χ1) is 12.4. The molecule has 136 valence electrons. The molecule has 9 heteroatoms. The molecule has 0 unspecified atom stereocenters. The van der Waals surface area contributed by atoms with Crippen molar-refractivity contribution in [2.75, 3.05) is 18.0 Å². The van der Waals surface area contributed by atoms with Crippen LogP contribution in [0.2, 0.25) is 5.28 Å². The van der Waals surface area contributed by atoms with Gasteiger partial charge in [-0.1, -0.05) is 0 Å². The highest BCUT2D eigenvalue weighted by atomic mass is 35.5. The molecule has 0 radical (unpaired) electrons. The molecule has 2 N–H and O–H groups in total. The van der Waals surface area contributed by atoms with E-state index in [1.54, 1.807) is 0 Å². The van der Waals surface area contributed by atoms with E-state index in [1.165, 1.54) is 6.07 Å². The Bertz CT molecular complexity index is 1020. The summed E-state index contributed by atoms with van der Waals surface area (Å²) >= 11 is 6.04. The van der Waals surface area contributed by atoms with Crippen molar-refractivity contribution in [3.8, 4) is 0 Å². The lowest BCUT2D eigenvalue weighted by molar-refractivity contribution is -0.138. The van der Waals surface area contributed by atoms with E-state index in [2.05, 4.69) is 15.0 Å². The molecule has 1 aliphatic rings. The van der Waals surface area contributed by atoms with Crippen molar-refractivity contribution in [2.45, 2.75) is 19.3 Å². The maximum atomic E-state index is 14.3. The lowest BCUT2D eigenvalue weighted by Crippen LogP contribution is -2.35. The molecule has 2 aromatic heterocycles. The third-order valence-electron chi connectivity index (χ3n) is 4.79. The number of anilines is 1. The number of piperidine rings is 1. The van der Waals surface area contributed by atoms with Crippen LogP contribution in [0.15, 0.2) is 12.1 Å². The van der Waals surface area contributed by atoms with Crippen LogP contribution in [0.5, 0.6) is 0 Å². The second-order valence-corrected chi connectivity index (χ2v) is 6.84. The predicted octanol–water partition coefficient (Wildman–Crippen LogP) is 3.73. The van der Waals surface area contributed by atoms with Gasteiger partial charge in [0.25, 0.3) is 0 Å². The van der Waals surface area contributed by atoms with E-state index < -0.39 is 17.6 Å². The molecule has 0 amide bonds. The molecular formula is C17H15ClF2N4O2. The van der Waals surface area contributed by atoms with Crippen LogP contribution in [-0.4, -0.2) is 39.1 Å². The molecule has 0 atom stereocenters. The summed E-state index contributed by atoms with van der Waals surface area (Å²) in [5, 5.41) is 9.08. The number of carbonyl (C=O) groups is 1. The molecule has 0 saturated carbocycles. The Morgan fingerprint density at radius 3 is 2.73 bits per heavy atom. The summed E-state index contributed by atoms with van der Waals surface area (Å²) in [5.74, 6) is -1.57. The van der Waals surface area contributed by atoms with Crippen LogP contribution in [0, 0.1) is 17.6 Å². The fraction of sp³-hybridized carbons (Fsp3) is 0.353. The van der Waals surface area contributed by atoms with Crippen molar-refractivity contribution in [3.05, 3.63) is 29.1 Å². The minimum Gasteiger partial charge on any atom is -0.481 e. The van der Waals surface area contributed by atoms with Gasteiger partial charge in [-0.25, -0.2) is 13.8 Å². The number of aromatic nitrogens is 3. The highest BCUT2D eigenvalue weighted by Gasteiger charge is 2.25. The van der Waals surface area contributed by atoms with E-state index in [0.29, 0.717) is 42.8 Å². The molecule has 1 aliphatic heterocycles. The minimum atomic E-state index is -0.802. The number of hydrogen-bond acceptors (Lipinski definition) is 4. The highest BCUT2D eigenvalue weighted by molar-refractivity contribution is 6.29. The van der Waals surface area contributed by atoms with Crippen molar-refractivity contribution in [1.82, 2.24) is 15.0 Å². The van der Waals surface area contributed by atoms with Crippen molar-refractivity contribution in [3.63, 3.8) is 0 Å². The van der Waals surface area contributed by atoms with Gasteiger partial charge in [0.1, 0.15) is 22.7 Å². The lowest BCUT2D eigenvalue weighted by atomic mass is 9.93. The number of carboxylic acid groups (broad SMARTS) is 1. The highest BCUT2D eigenvalue weighted by Crippen LogP contribution is 2.34. The third-order valence-corrected chi connectivity index (χ3v) is 4.96. The Hall–Kier alpha value is -2.48. The lowest BCUT2D eigenvalue weighted by Gasteiger charge is -2.32. The van der Waals surface area contributed by atoms with Crippen molar-refractivity contribution in [1.29, 1.82) is 0 Å². The van der Waals surface area contributed by atoms with Crippen molar-refractivity contribution in [2.24, 2.45) is 5.92 Å². The molecule has 0 aliphatic carbocycles. The number of nitrogens with one attached hydrogen (secondary N) is 1. The summed E-state index contributed by atoms with van der Waals surface area (Å²) in [5.41, 5.74) is 1.09. The van der Waals surface area contributed by atoms with Gasteiger partial charge in [-0.15, -0.1) is 0 Å². The Kier molecular flexibility index (Phi) is 4.14. The van der Waals surface area contributed by atoms with E-state index >= 15 is 0 Å². The van der Waals surface area contributed by atoms with E-state index in [-0.39, 0.29) is 28.5 Å². The fourth-order valence-corrected chi connectivity index (χ4v) is 3.76. The Morgan fingerprint density at radius 2 is 2.04 bits per heavy atom. The van der Waals surface area contributed by atoms with Gasteiger partial charge in [-0.2, -0.15) is 4.98 Å². The number of aliphatic carboxylic acids is 1. The quantitative estimate of drug-likeness (QED) is 0.676. The normalized spacial score (nSPS) is 15.9. The molecule has 6 nitrogen and oxygen atoms in total. The molecule has 1 fully saturated rings. The zero-order chi connectivity index (χ0) is 18.4. The average Bonchev–Trinajstić information content (AvgIpc) is 2.92. The summed E-state index contributed by atoms with van der Waals surface area (Å²) in [6.07, 6.45) is 1.56. The van der Waals surface area contributed by atoms with Crippen LogP contribution in [0.1, 0.15) is 19.3 Å². The predicted molar refractivity (Wildman–Crippen MR) is 93.5 cm³/mol. The summed E-state index contributed by atoms with van der Waals surface area (Å²) in [4.78, 5) is 24.2. The summed E-state index contributed by atoms with van der Waals surface area (Å²) in [6.45, 7) is 1.21. The van der Waals surface area contributed by atoms with Gasteiger partial charge in [0.2, 0.25) is 5.28 Å². The first-order valence-electron chi connectivity index (χ1n) is 8.23. The van der Waals surface area contributed by atoms with Crippen LogP contribution in [-0.2, 0) is 4.79 Å².